The van der Waals surface area contributed by atoms with Gasteiger partial charge in [-0.3, -0.25) is 15.0 Å². The van der Waals surface area contributed by atoms with Crippen molar-refractivity contribution in [2.45, 2.75) is 57.2 Å². The molecule has 2 fully saturated rings. The quantitative estimate of drug-likeness (QED) is 0.346. The van der Waals surface area contributed by atoms with Crippen molar-refractivity contribution >= 4 is 28.5 Å². The van der Waals surface area contributed by atoms with Crippen molar-refractivity contribution in [3.05, 3.63) is 54.5 Å². The van der Waals surface area contributed by atoms with E-state index in [1.54, 1.807) is 12.4 Å². The number of pyridine rings is 1. The van der Waals surface area contributed by atoms with E-state index >= 15 is 0 Å². The molecule has 9 nitrogen and oxygen atoms in total. The topological polar surface area (TPSA) is 118 Å². The van der Waals surface area contributed by atoms with Crippen LogP contribution in [-0.2, 0) is 0 Å². The Balaban J connectivity index is 1.31. The van der Waals surface area contributed by atoms with Crippen LogP contribution in [0.25, 0.3) is 22.0 Å². The van der Waals surface area contributed by atoms with Gasteiger partial charge in [-0.2, -0.15) is 15.3 Å². The first-order valence-corrected chi connectivity index (χ1v) is 12.6. The summed E-state index contributed by atoms with van der Waals surface area (Å²) in [6.45, 7) is 2.85. The van der Waals surface area contributed by atoms with Crippen molar-refractivity contribution in [3.8, 4) is 17.2 Å². The molecule has 1 aromatic carbocycles. The summed E-state index contributed by atoms with van der Waals surface area (Å²) in [7, 11) is 0. The molecule has 36 heavy (non-hydrogen) atoms. The molecule has 6 rings (SSSR count). The molecule has 0 spiro atoms. The fourth-order valence-corrected chi connectivity index (χ4v) is 5.74. The Labute approximate surface area is 210 Å². The zero-order valence-corrected chi connectivity index (χ0v) is 20.3. The highest BCUT2D eigenvalue weighted by Crippen LogP contribution is 2.37. The Hall–Kier alpha value is -4.03. The molecule has 2 bridgehead atoms. The van der Waals surface area contributed by atoms with Crippen LogP contribution in [0.4, 0.5) is 17.6 Å². The van der Waals surface area contributed by atoms with Crippen LogP contribution >= 0.6 is 0 Å². The second-order valence-corrected chi connectivity index (χ2v) is 9.77. The lowest BCUT2D eigenvalue weighted by Crippen LogP contribution is -2.47. The van der Waals surface area contributed by atoms with E-state index in [0.29, 0.717) is 30.5 Å². The van der Waals surface area contributed by atoms with Gasteiger partial charge >= 0.3 is 0 Å². The second kappa shape index (κ2) is 9.55. The van der Waals surface area contributed by atoms with Crippen LogP contribution in [0.3, 0.4) is 0 Å². The minimum absolute atomic E-state index is 0.308. The van der Waals surface area contributed by atoms with Crippen LogP contribution < -0.4 is 10.6 Å². The highest BCUT2D eigenvalue weighted by molar-refractivity contribution is 5.94. The van der Waals surface area contributed by atoms with E-state index < -0.39 is 0 Å². The smallest absolute Gasteiger partial charge is 0.225 e. The van der Waals surface area contributed by atoms with Gasteiger partial charge in [0.05, 0.1) is 11.6 Å². The molecule has 4 aromatic rings. The number of nitriles is 1. The summed E-state index contributed by atoms with van der Waals surface area (Å²) in [5, 5.41) is 24.3. The number of benzene rings is 1. The minimum atomic E-state index is 0.308. The van der Waals surface area contributed by atoms with Gasteiger partial charge in [0.15, 0.2) is 5.82 Å². The SMILES string of the molecule is Cc1cc(Nc2nc(NC3C[C@H]4CC[C@@H](C3)N4CCC#N)nc3cc(-c4ccncc4)ccc23)n[nH]1. The Kier molecular flexibility index (Phi) is 5.95. The Morgan fingerprint density at radius 1 is 1.06 bits per heavy atom. The van der Waals surface area contributed by atoms with Crippen LogP contribution in [0.5, 0.6) is 0 Å². The van der Waals surface area contributed by atoms with Gasteiger partial charge in [-0.15, -0.1) is 0 Å². The molecule has 3 N–H and O–H groups in total. The third-order valence-electron chi connectivity index (χ3n) is 7.36. The van der Waals surface area contributed by atoms with E-state index in [0.717, 1.165) is 58.7 Å². The number of aromatic amines is 1. The van der Waals surface area contributed by atoms with Gasteiger partial charge in [0.25, 0.3) is 0 Å². The maximum Gasteiger partial charge on any atom is 0.225 e. The number of aryl methyl sites for hydroxylation is 1. The number of hydrogen-bond acceptors (Lipinski definition) is 8. The number of H-pyrrole nitrogens is 1. The average Bonchev–Trinajstić information content (AvgIpc) is 3.41. The van der Waals surface area contributed by atoms with Crippen LogP contribution in [0.15, 0.2) is 48.8 Å². The van der Waals surface area contributed by atoms with Crippen LogP contribution in [0.2, 0.25) is 0 Å². The molecular weight excluding hydrogens is 450 g/mol. The zero-order valence-electron chi connectivity index (χ0n) is 20.3. The predicted octanol–water partition coefficient (Wildman–Crippen LogP) is 4.79. The number of aromatic nitrogens is 5. The summed E-state index contributed by atoms with van der Waals surface area (Å²) in [5.74, 6) is 2.07. The van der Waals surface area contributed by atoms with E-state index in [1.165, 1.54) is 12.8 Å². The Morgan fingerprint density at radius 2 is 1.86 bits per heavy atom. The van der Waals surface area contributed by atoms with Gasteiger partial charge in [-0.25, -0.2) is 4.98 Å². The maximum absolute atomic E-state index is 9.03. The van der Waals surface area contributed by atoms with Gasteiger partial charge in [0.1, 0.15) is 5.82 Å². The summed E-state index contributed by atoms with van der Waals surface area (Å²) in [4.78, 5) is 16.5. The van der Waals surface area contributed by atoms with Crippen molar-refractivity contribution in [3.63, 3.8) is 0 Å². The second-order valence-electron chi connectivity index (χ2n) is 9.77. The molecule has 1 unspecified atom stereocenters. The van der Waals surface area contributed by atoms with Crippen LogP contribution in [0.1, 0.15) is 37.8 Å². The fourth-order valence-electron chi connectivity index (χ4n) is 5.74. The molecule has 2 saturated heterocycles. The molecule has 2 aliphatic heterocycles. The third kappa shape index (κ3) is 4.48. The summed E-state index contributed by atoms with van der Waals surface area (Å²) >= 11 is 0. The maximum atomic E-state index is 9.03. The van der Waals surface area contributed by atoms with Crippen molar-refractivity contribution < 1.29 is 0 Å². The van der Waals surface area contributed by atoms with Gasteiger partial charge in [-0.1, -0.05) is 6.07 Å². The first-order valence-electron chi connectivity index (χ1n) is 12.6. The van der Waals surface area contributed by atoms with E-state index in [4.69, 9.17) is 15.2 Å². The standard InChI is InChI=1S/C27H29N9/c1-17-13-25(35-34-17)32-26-23-6-3-19(18-7-10-29-11-8-18)14-24(23)31-27(33-26)30-20-15-21-4-5-22(16-20)36(21)12-2-9-28/h3,6-8,10-11,13-14,20-22H,2,4-5,12,15-16H2,1H3,(H3,30,31,32,33,34,35)/t20?,21-,22+. The number of nitrogens with one attached hydrogen (secondary N) is 3. The van der Waals surface area contributed by atoms with E-state index in [2.05, 4.69) is 55.0 Å². The predicted molar refractivity (Wildman–Crippen MR) is 140 cm³/mol. The fraction of sp³-hybridized carbons (Fsp3) is 0.370. The molecular formula is C27H29N9. The van der Waals surface area contributed by atoms with Crippen molar-refractivity contribution in [2.75, 3.05) is 17.2 Å². The van der Waals surface area contributed by atoms with Crippen molar-refractivity contribution in [1.29, 1.82) is 5.26 Å². The molecule has 3 atom stereocenters. The van der Waals surface area contributed by atoms with Gasteiger partial charge < -0.3 is 10.6 Å². The number of fused-ring (bicyclic) bond motifs is 3. The minimum Gasteiger partial charge on any atom is -0.351 e. The summed E-state index contributed by atoms with van der Waals surface area (Å²) in [5.41, 5.74) is 4.03. The molecule has 3 aromatic heterocycles. The number of hydrogen-bond donors (Lipinski definition) is 3. The lowest BCUT2D eigenvalue weighted by Gasteiger charge is -2.38. The molecule has 0 aliphatic carbocycles. The number of rotatable bonds is 7. The van der Waals surface area contributed by atoms with Gasteiger partial charge in [-0.05, 0) is 68.0 Å². The third-order valence-corrected chi connectivity index (χ3v) is 7.36. The molecule has 0 amide bonds. The van der Waals surface area contributed by atoms with E-state index in [1.807, 2.05) is 25.1 Å². The number of piperidine rings is 1. The van der Waals surface area contributed by atoms with Crippen LogP contribution in [-0.4, -0.2) is 54.7 Å². The monoisotopic (exact) mass is 479 g/mol. The highest BCUT2D eigenvalue weighted by Gasteiger charge is 2.40. The van der Waals surface area contributed by atoms with Crippen molar-refractivity contribution in [2.24, 2.45) is 0 Å². The normalized spacial score (nSPS) is 21.4. The average molecular weight is 480 g/mol. The number of nitrogens with zero attached hydrogens (tertiary/aromatic N) is 6. The molecule has 0 radical (unpaired) electrons. The summed E-state index contributed by atoms with van der Waals surface area (Å²) in [6.07, 6.45) is 8.69. The number of anilines is 3. The molecule has 0 saturated carbocycles. The Morgan fingerprint density at radius 3 is 2.58 bits per heavy atom. The van der Waals surface area contributed by atoms with Crippen molar-refractivity contribution in [1.82, 2.24) is 30.0 Å². The first-order chi connectivity index (χ1) is 17.7. The molecule has 9 heteroatoms. The van der Waals surface area contributed by atoms with Gasteiger partial charge in [0.2, 0.25) is 5.95 Å². The highest BCUT2D eigenvalue weighted by atomic mass is 15.3. The molecule has 2 aliphatic rings. The molecule has 182 valence electrons. The lowest BCUT2D eigenvalue weighted by atomic mass is 9.97. The zero-order chi connectivity index (χ0) is 24.5. The first kappa shape index (κ1) is 22.4. The van der Waals surface area contributed by atoms with Gasteiger partial charge in [0, 0.05) is 60.6 Å². The molecule has 5 heterocycles. The van der Waals surface area contributed by atoms with E-state index in [-0.39, 0.29) is 0 Å². The van der Waals surface area contributed by atoms with E-state index in [9.17, 15) is 0 Å². The lowest BCUT2D eigenvalue weighted by molar-refractivity contribution is 0.135. The summed E-state index contributed by atoms with van der Waals surface area (Å²) in [6, 6.07) is 15.9. The van der Waals surface area contributed by atoms with Crippen LogP contribution in [0, 0.1) is 18.3 Å². The largest absolute Gasteiger partial charge is 0.351 e. The Bertz CT molecular complexity index is 1390. The summed E-state index contributed by atoms with van der Waals surface area (Å²) < 4.78 is 0.